The molecule has 0 saturated carbocycles. The van der Waals surface area contributed by atoms with Crippen molar-refractivity contribution in [3.8, 4) is 11.5 Å². The zero-order chi connectivity index (χ0) is 20.1. The highest BCUT2D eigenvalue weighted by Crippen LogP contribution is 2.33. The Morgan fingerprint density at radius 1 is 1.18 bits per heavy atom. The number of phenolic OH excluding ortho intramolecular Hbond substituents is 1. The fourth-order valence-corrected chi connectivity index (χ4v) is 3.60. The van der Waals surface area contributed by atoms with E-state index in [0.29, 0.717) is 26.8 Å². The van der Waals surface area contributed by atoms with Gasteiger partial charge in [-0.2, -0.15) is 0 Å². The van der Waals surface area contributed by atoms with Crippen molar-refractivity contribution in [1.29, 1.82) is 0 Å². The van der Waals surface area contributed by atoms with E-state index in [9.17, 15) is 14.7 Å². The van der Waals surface area contributed by atoms with Crippen molar-refractivity contribution < 1.29 is 19.4 Å². The monoisotopic (exact) mass is 416 g/mol. The molecule has 1 aliphatic heterocycles. The molecule has 0 atom stereocenters. The van der Waals surface area contributed by atoms with Gasteiger partial charge in [-0.05, 0) is 41.6 Å². The van der Waals surface area contributed by atoms with Crippen LogP contribution in [0, 0.1) is 0 Å². The quantitative estimate of drug-likeness (QED) is 0.563. The number of carbonyl (C=O) groups excluding carboxylic acids is 2. The Balaban J connectivity index is 1.65. The average Bonchev–Trinajstić information content (AvgIpc) is 2.95. The summed E-state index contributed by atoms with van der Waals surface area (Å²) in [7, 11) is 1.46. The van der Waals surface area contributed by atoms with Crippen molar-refractivity contribution in [2.24, 2.45) is 4.99 Å². The summed E-state index contributed by atoms with van der Waals surface area (Å²) in [5.41, 5.74) is 1.17. The highest BCUT2D eigenvalue weighted by molar-refractivity contribution is 8.18. The molecule has 2 amide bonds. The number of ether oxygens (including phenoxy) is 1. The van der Waals surface area contributed by atoms with Gasteiger partial charge < -0.3 is 9.84 Å². The van der Waals surface area contributed by atoms with Gasteiger partial charge in [-0.1, -0.05) is 35.9 Å². The minimum Gasteiger partial charge on any atom is -0.504 e. The molecule has 0 aromatic heterocycles. The van der Waals surface area contributed by atoms with E-state index < -0.39 is 0 Å². The van der Waals surface area contributed by atoms with E-state index in [2.05, 4.69) is 4.99 Å². The topological polar surface area (TPSA) is 79.2 Å². The zero-order valence-corrected chi connectivity index (χ0v) is 16.5. The molecule has 2 aromatic carbocycles. The van der Waals surface area contributed by atoms with Gasteiger partial charge in [0.1, 0.15) is 0 Å². The molecule has 8 heteroatoms. The Kier molecular flexibility index (Phi) is 6.38. The molecule has 6 nitrogen and oxygen atoms in total. The fraction of sp³-hybridized carbons (Fsp3) is 0.150. The minimum atomic E-state index is -0.366. The molecule has 1 N–H and O–H groups in total. The third-order valence-electron chi connectivity index (χ3n) is 4.00. The van der Waals surface area contributed by atoms with Crippen LogP contribution in [0.5, 0.6) is 11.5 Å². The zero-order valence-electron chi connectivity index (χ0n) is 15.0. The summed E-state index contributed by atoms with van der Waals surface area (Å²) in [4.78, 5) is 30.3. The van der Waals surface area contributed by atoms with Crippen LogP contribution in [0.15, 0.2) is 52.4 Å². The second-order valence-electron chi connectivity index (χ2n) is 5.79. The van der Waals surface area contributed by atoms with Gasteiger partial charge in [0, 0.05) is 23.3 Å². The van der Waals surface area contributed by atoms with E-state index in [1.807, 2.05) is 6.07 Å². The van der Waals surface area contributed by atoms with Crippen LogP contribution in [0.2, 0.25) is 5.02 Å². The third kappa shape index (κ3) is 4.37. The minimum absolute atomic E-state index is 0.0115. The summed E-state index contributed by atoms with van der Waals surface area (Å²) < 4.78 is 5.04. The first-order valence-corrected chi connectivity index (χ1v) is 9.56. The lowest BCUT2D eigenvalue weighted by Crippen LogP contribution is -2.30. The van der Waals surface area contributed by atoms with Gasteiger partial charge in [-0.3, -0.25) is 19.5 Å². The number of hydrogen-bond donors (Lipinski definition) is 1. The maximum atomic E-state index is 12.5. The van der Waals surface area contributed by atoms with Crippen LogP contribution in [0.25, 0.3) is 6.08 Å². The summed E-state index contributed by atoms with van der Waals surface area (Å²) >= 11 is 6.98. The summed E-state index contributed by atoms with van der Waals surface area (Å²) in [6.07, 6.45) is 3.10. The maximum absolute atomic E-state index is 12.5. The molecule has 2 aromatic rings. The third-order valence-corrected chi connectivity index (χ3v) is 5.25. The van der Waals surface area contributed by atoms with Crippen LogP contribution in [0.4, 0.5) is 4.79 Å². The van der Waals surface area contributed by atoms with Gasteiger partial charge in [0.15, 0.2) is 11.5 Å². The molecule has 0 aliphatic carbocycles. The number of carbonyl (C=O) groups is 2. The number of aliphatic imine (C=N–C) groups is 1. The van der Waals surface area contributed by atoms with E-state index >= 15 is 0 Å². The van der Waals surface area contributed by atoms with Crippen molar-refractivity contribution in [2.45, 2.75) is 0 Å². The predicted octanol–water partition coefficient (Wildman–Crippen LogP) is 4.21. The van der Waals surface area contributed by atoms with Crippen LogP contribution >= 0.6 is 23.4 Å². The maximum Gasteiger partial charge on any atom is 0.293 e. The fourth-order valence-electron chi connectivity index (χ4n) is 2.55. The Hall–Kier alpha value is -2.77. The second kappa shape index (κ2) is 8.95. The first kappa shape index (κ1) is 20.0. The second-order valence-corrected chi connectivity index (χ2v) is 7.19. The first-order chi connectivity index (χ1) is 13.5. The molecular weight excluding hydrogens is 400 g/mol. The number of phenols is 1. The standard InChI is InChI=1S/C20H17ClN2O4S/c1-27-16-8-4-6-14(18(16)24)12-22-9-10-23-19(25)17(28-20(23)26)11-13-5-2-3-7-15(13)21/h2-8,11-12,24H,9-10H2,1H3/b17-11-,22-12?. The number of methoxy groups -OCH3 is 1. The number of aromatic hydroxyl groups is 1. The molecule has 144 valence electrons. The van der Waals surface area contributed by atoms with Crippen molar-refractivity contribution >= 4 is 46.8 Å². The lowest BCUT2D eigenvalue weighted by Gasteiger charge is -2.10. The molecule has 1 heterocycles. The number of hydrogen-bond acceptors (Lipinski definition) is 6. The highest BCUT2D eigenvalue weighted by atomic mass is 35.5. The van der Waals surface area contributed by atoms with Crippen LogP contribution < -0.4 is 4.74 Å². The van der Waals surface area contributed by atoms with E-state index in [4.69, 9.17) is 16.3 Å². The number of halogens is 1. The van der Waals surface area contributed by atoms with E-state index in [0.717, 1.165) is 16.7 Å². The normalized spacial score (nSPS) is 15.8. The average molecular weight is 417 g/mol. The van der Waals surface area contributed by atoms with Crippen LogP contribution in [-0.2, 0) is 4.79 Å². The number of imide groups is 1. The Labute approximate surface area is 171 Å². The van der Waals surface area contributed by atoms with Gasteiger partial charge in [0.25, 0.3) is 11.1 Å². The smallest absolute Gasteiger partial charge is 0.293 e. The van der Waals surface area contributed by atoms with Crippen molar-refractivity contribution in [3.05, 3.63) is 63.5 Å². The number of benzene rings is 2. The number of para-hydroxylation sites is 1. The molecule has 1 fully saturated rings. The molecule has 0 spiro atoms. The van der Waals surface area contributed by atoms with Gasteiger partial charge >= 0.3 is 0 Å². The lowest BCUT2D eigenvalue weighted by atomic mass is 10.2. The number of thioether (sulfide) groups is 1. The Morgan fingerprint density at radius 3 is 2.68 bits per heavy atom. The van der Waals surface area contributed by atoms with Crippen LogP contribution in [-0.4, -0.2) is 47.6 Å². The Bertz CT molecular complexity index is 974. The van der Waals surface area contributed by atoms with Gasteiger partial charge in [-0.15, -0.1) is 0 Å². The number of amides is 2. The molecule has 0 bridgehead atoms. The Morgan fingerprint density at radius 2 is 1.93 bits per heavy atom. The summed E-state index contributed by atoms with van der Waals surface area (Å²) in [5, 5.41) is 10.2. The van der Waals surface area contributed by atoms with Gasteiger partial charge in [-0.25, -0.2) is 0 Å². The SMILES string of the molecule is COc1cccc(C=NCCN2C(=O)S/C(=C\c3ccccc3Cl)C2=O)c1O. The predicted molar refractivity (Wildman–Crippen MR) is 111 cm³/mol. The molecule has 1 aliphatic rings. The van der Waals surface area contributed by atoms with Gasteiger partial charge in [0.05, 0.1) is 18.6 Å². The summed E-state index contributed by atoms with van der Waals surface area (Å²) in [6.45, 7) is 0.361. The van der Waals surface area contributed by atoms with Crippen molar-refractivity contribution in [2.75, 3.05) is 20.2 Å². The lowest BCUT2D eigenvalue weighted by molar-refractivity contribution is -0.122. The van der Waals surface area contributed by atoms with Gasteiger partial charge in [0.2, 0.25) is 0 Å². The molecular formula is C20H17ClN2O4S. The highest BCUT2D eigenvalue weighted by Gasteiger charge is 2.34. The molecule has 0 radical (unpaired) electrons. The molecule has 0 unspecified atom stereocenters. The largest absolute Gasteiger partial charge is 0.504 e. The van der Waals surface area contributed by atoms with E-state index in [1.165, 1.54) is 13.3 Å². The number of nitrogens with zero attached hydrogens (tertiary/aromatic N) is 2. The summed E-state index contributed by atoms with van der Waals surface area (Å²) in [6, 6.07) is 12.2. The van der Waals surface area contributed by atoms with E-state index in [1.54, 1.807) is 42.5 Å². The van der Waals surface area contributed by atoms with Crippen molar-refractivity contribution in [3.63, 3.8) is 0 Å². The number of rotatable bonds is 6. The van der Waals surface area contributed by atoms with Crippen molar-refractivity contribution in [1.82, 2.24) is 4.90 Å². The first-order valence-electron chi connectivity index (χ1n) is 8.37. The summed E-state index contributed by atoms with van der Waals surface area (Å²) in [5.74, 6) is -0.0310. The van der Waals surface area contributed by atoms with E-state index in [-0.39, 0.29) is 30.0 Å². The van der Waals surface area contributed by atoms with Crippen LogP contribution in [0.3, 0.4) is 0 Å². The van der Waals surface area contributed by atoms with Crippen LogP contribution in [0.1, 0.15) is 11.1 Å². The molecule has 1 saturated heterocycles. The molecule has 3 rings (SSSR count). The molecule has 28 heavy (non-hydrogen) atoms.